The third-order valence-electron chi connectivity index (χ3n) is 6.39. The number of benzene rings is 1. The van der Waals surface area contributed by atoms with Gasteiger partial charge in [-0.15, -0.1) is 0 Å². The topological polar surface area (TPSA) is 72.6 Å². The number of ether oxygens (including phenoxy) is 1. The first-order valence-corrected chi connectivity index (χ1v) is 10.6. The number of piperidine rings is 1. The Labute approximate surface area is 175 Å². The van der Waals surface area contributed by atoms with Crippen LogP contribution in [0.4, 0.5) is 4.39 Å². The second kappa shape index (κ2) is 8.20. The number of carbonyl (C=O) groups excluding carboxylic acids is 2. The molecule has 4 rings (SSSR count). The maximum Gasteiger partial charge on any atom is 0.312 e. The highest BCUT2D eigenvalue weighted by Crippen LogP contribution is 2.42. The number of esters is 1. The van der Waals surface area contributed by atoms with Gasteiger partial charge in [-0.1, -0.05) is 24.2 Å². The number of carbonyl (C=O) groups is 2. The van der Waals surface area contributed by atoms with Crippen LogP contribution in [-0.4, -0.2) is 41.6 Å². The Morgan fingerprint density at radius 2 is 2.00 bits per heavy atom. The Morgan fingerprint density at radius 1 is 1.30 bits per heavy atom. The van der Waals surface area contributed by atoms with Gasteiger partial charge < -0.3 is 14.2 Å². The lowest BCUT2D eigenvalue weighted by molar-refractivity contribution is -0.160. The lowest BCUT2D eigenvalue weighted by atomic mass is 9.74. The molecular weight excluding hydrogens is 387 g/mol. The summed E-state index contributed by atoms with van der Waals surface area (Å²) in [6.45, 7) is 5.21. The molecule has 0 bridgehead atoms. The van der Waals surface area contributed by atoms with E-state index in [0.717, 1.165) is 6.42 Å². The number of hydrogen-bond acceptors (Lipinski definition) is 5. The van der Waals surface area contributed by atoms with Gasteiger partial charge in [0.25, 0.3) is 0 Å². The third-order valence-corrected chi connectivity index (χ3v) is 6.39. The average Bonchev–Trinajstić information content (AvgIpc) is 3.30. The van der Waals surface area contributed by atoms with E-state index in [-0.39, 0.29) is 23.6 Å². The molecule has 2 aromatic rings. The van der Waals surface area contributed by atoms with Gasteiger partial charge in [-0.3, -0.25) is 9.59 Å². The highest BCUT2D eigenvalue weighted by atomic mass is 19.1. The van der Waals surface area contributed by atoms with E-state index in [4.69, 9.17) is 9.26 Å². The largest absolute Gasteiger partial charge is 0.466 e. The van der Waals surface area contributed by atoms with E-state index in [1.165, 1.54) is 6.07 Å². The van der Waals surface area contributed by atoms with Crippen molar-refractivity contribution in [2.24, 2.45) is 17.3 Å². The number of likely N-dealkylation sites (tertiary alicyclic amines) is 1. The van der Waals surface area contributed by atoms with Crippen molar-refractivity contribution >= 4 is 11.9 Å². The zero-order valence-electron chi connectivity index (χ0n) is 17.4. The predicted molar refractivity (Wildman–Crippen MR) is 108 cm³/mol. The fraction of sp³-hybridized carbons (Fsp3) is 0.522. The molecule has 1 saturated heterocycles. The van der Waals surface area contributed by atoms with Crippen LogP contribution >= 0.6 is 0 Å². The van der Waals surface area contributed by atoms with Gasteiger partial charge in [0.1, 0.15) is 17.3 Å². The maximum atomic E-state index is 14.1. The van der Waals surface area contributed by atoms with Crippen molar-refractivity contribution in [2.45, 2.75) is 39.5 Å². The number of rotatable bonds is 6. The van der Waals surface area contributed by atoms with E-state index in [2.05, 4.69) is 12.1 Å². The minimum atomic E-state index is -0.770. The Morgan fingerprint density at radius 3 is 2.63 bits per heavy atom. The molecule has 7 heteroatoms. The molecule has 1 amide bonds. The highest BCUT2D eigenvalue weighted by molar-refractivity contribution is 5.82. The van der Waals surface area contributed by atoms with Crippen molar-refractivity contribution in [1.82, 2.24) is 10.1 Å². The van der Waals surface area contributed by atoms with Crippen molar-refractivity contribution in [3.05, 3.63) is 41.9 Å². The van der Waals surface area contributed by atoms with Crippen molar-refractivity contribution in [3.63, 3.8) is 0 Å². The second-order valence-corrected chi connectivity index (χ2v) is 8.48. The van der Waals surface area contributed by atoms with Gasteiger partial charge in [-0.25, -0.2) is 4.39 Å². The van der Waals surface area contributed by atoms with Crippen LogP contribution in [0.3, 0.4) is 0 Å². The van der Waals surface area contributed by atoms with Gasteiger partial charge in [0.15, 0.2) is 0 Å². The molecule has 0 radical (unpaired) electrons. The molecule has 1 aromatic carbocycles. The molecule has 1 aliphatic heterocycles. The molecule has 1 aliphatic carbocycles. The van der Waals surface area contributed by atoms with Crippen molar-refractivity contribution in [2.75, 3.05) is 19.7 Å². The molecular formula is C23H27FN2O4. The van der Waals surface area contributed by atoms with Gasteiger partial charge in [0, 0.05) is 37.1 Å². The van der Waals surface area contributed by atoms with Crippen LogP contribution in [0.1, 0.15) is 38.9 Å². The Balaban J connectivity index is 1.50. The second-order valence-electron chi connectivity index (χ2n) is 8.48. The summed E-state index contributed by atoms with van der Waals surface area (Å²) in [5, 5.41) is 4.00. The summed E-state index contributed by atoms with van der Waals surface area (Å²) >= 11 is 0. The zero-order valence-corrected chi connectivity index (χ0v) is 17.4. The summed E-state index contributed by atoms with van der Waals surface area (Å²) in [4.78, 5) is 27.3. The van der Waals surface area contributed by atoms with Crippen molar-refractivity contribution in [3.8, 4) is 11.3 Å². The van der Waals surface area contributed by atoms with E-state index in [1.54, 1.807) is 31.2 Å². The van der Waals surface area contributed by atoms with Crippen molar-refractivity contribution in [1.29, 1.82) is 0 Å². The first-order valence-electron chi connectivity index (χ1n) is 10.6. The number of hydrogen-bond donors (Lipinski definition) is 0. The average molecular weight is 414 g/mol. The van der Waals surface area contributed by atoms with E-state index in [0.29, 0.717) is 61.9 Å². The van der Waals surface area contributed by atoms with Crippen LogP contribution < -0.4 is 0 Å². The quantitative estimate of drug-likeness (QED) is 0.672. The summed E-state index contributed by atoms with van der Waals surface area (Å²) < 4.78 is 24.9. The molecule has 2 aliphatic rings. The number of aromatic nitrogens is 1. The first kappa shape index (κ1) is 20.6. The van der Waals surface area contributed by atoms with E-state index in [1.807, 2.05) is 4.90 Å². The summed E-state index contributed by atoms with van der Waals surface area (Å²) in [5.74, 6) is 0.649. The SMILES string of the molecule is CCOC(=O)C1(Cc2cc(-c3ccccc3F)no2)CCN(C(=O)[C@H]2C[C@H]2C)CC1. The monoisotopic (exact) mass is 414 g/mol. The molecule has 0 unspecified atom stereocenters. The van der Waals surface area contributed by atoms with Crippen LogP contribution in [0.15, 0.2) is 34.9 Å². The lowest BCUT2D eigenvalue weighted by Crippen LogP contribution is -2.48. The smallest absolute Gasteiger partial charge is 0.312 e. The summed E-state index contributed by atoms with van der Waals surface area (Å²) in [5.41, 5.74) is -0.0114. The standard InChI is InChI=1S/C23H27FN2O4/c1-3-29-22(28)23(8-10-26(11-9-23)21(27)18-12-15(18)2)14-16-13-20(25-30-16)17-6-4-5-7-19(17)24/h4-7,13,15,18H,3,8-12,14H2,1-2H3/t15-,18+/m1/s1. The summed E-state index contributed by atoms with van der Waals surface area (Å²) in [6, 6.07) is 8.05. The van der Waals surface area contributed by atoms with Gasteiger partial charge in [-0.2, -0.15) is 0 Å². The van der Waals surface area contributed by atoms with Gasteiger partial charge >= 0.3 is 5.97 Å². The normalized spacial score (nSPS) is 22.6. The summed E-state index contributed by atoms with van der Waals surface area (Å²) in [6.07, 6.45) is 2.28. The van der Waals surface area contributed by atoms with Crippen LogP contribution in [0.25, 0.3) is 11.3 Å². The molecule has 6 nitrogen and oxygen atoms in total. The molecule has 2 fully saturated rings. The third kappa shape index (κ3) is 3.98. The molecule has 2 heterocycles. The minimum absolute atomic E-state index is 0.137. The van der Waals surface area contributed by atoms with E-state index >= 15 is 0 Å². The van der Waals surface area contributed by atoms with Gasteiger partial charge in [0.2, 0.25) is 5.91 Å². The van der Waals surface area contributed by atoms with E-state index < -0.39 is 5.41 Å². The fourth-order valence-electron chi connectivity index (χ4n) is 4.32. The molecule has 0 N–H and O–H groups in total. The minimum Gasteiger partial charge on any atom is -0.466 e. The van der Waals surface area contributed by atoms with E-state index in [9.17, 15) is 14.0 Å². The first-order chi connectivity index (χ1) is 14.4. The number of halogens is 1. The molecule has 30 heavy (non-hydrogen) atoms. The number of amides is 1. The molecule has 1 saturated carbocycles. The molecule has 160 valence electrons. The van der Waals surface area contributed by atoms with Crippen LogP contribution in [0.5, 0.6) is 0 Å². The molecule has 0 spiro atoms. The van der Waals surface area contributed by atoms with Gasteiger partial charge in [0.05, 0.1) is 12.0 Å². The summed E-state index contributed by atoms with van der Waals surface area (Å²) in [7, 11) is 0. The lowest BCUT2D eigenvalue weighted by Gasteiger charge is -2.39. The Hall–Kier alpha value is -2.70. The number of nitrogens with zero attached hydrogens (tertiary/aromatic N) is 2. The van der Waals surface area contributed by atoms with Crippen molar-refractivity contribution < 1.29 is 23.2 Å². The highest BCUT2D eigenvalue weighted by Gasteiger charge is 2.47. The zero-order chi connectivity index (χ0) is 21.3. The van der Waals surface area contributed by atoms with Gasteiger partial charge in [-0.05, 0) is 44.2 Å². The Bertz CT molecular complexity index is 933. The maximum absolute atomic E-state index is 14.1. The Kier molecular flexibility index (Phi) is 5.62. The molecule has 2 atom stereocenters. The molecule has 1 aromatic heterocycles. The van der Waals surface area contributed by atoms with Crippen LogP contribution in [0.2, 0.25) is 0 Å². The fourth-order valence-corrected chi connectivity index (χ4v) is 4.32. The van der Waals surface area contributed by atoms with Crippen LogP contribution in [0, 0.1) is 23.1 Å². The van der Waals surface area contributed by atoms with Crippen LogP contribution in [-0.2, 0) is 20.7 Å². The predicted octanol–water partition coefficient (Wildman–Crippen LogP) is 3.85.